The van der Waals surface area contributed by atoms with E-state index in [9.17, 15) is 0 Å². The molecule has 0 amide bonds. The Labute approximate surface area is 116 Å². The molecule has 0 fully saturated rings. The minimum atomic E-state index is 0.423. The molecule has 2 rings (SSSR count). The van der Waals surface area contributed by atoms with Crippen molar-refractivity contribution in [1.82, 2.24) is 20.1 Å². The fraction of sp³-hybridized carbons (Fsp3) is 0.500. The van der Waals surface area contributed by atoms with E-state index in [1.807, 2.05) is 18.5 Å². The second kappa shape index (κ2) is 6.36. The van der Waals surface area contributed by atoms with Crippen molar-refractivity contribution in [2.24, 2.45) is 7.05 Å². The second-order valence-corrected chi connectivity index (χ2v) is 6.17. The van der Waals surface area contributed by atoms with E-state index in [2.05, 4.69) is 40.0 Å². The number of thiophene rings is 1. The zero-order valence-electron chi connectivity index (χ0n) is 10.9. The average molecular weight is 282 g/mol. The van der Waals surface area contributed by atoms with Gasteiger partial charge in [0.1, 0.15) is 5.82 Å². The van der Waals surface area contributed by atoms with Crippen LogP contribution in [0.15, 0.2) is 22.7 Å². The normalized spacial score (nSPS) is 12.8. The Morgan fingerprint density at radius 3 is 2.94 bits per heavy atom. The van der Waals surface area contributed by atoms with E-state index in [1.165, 1.54) is 4.88 Å². The maximum Gasteiger partial charge on any atom is 0.190 e. The predicted molar refractivity (Wildman–Crippen MR) is 77.2 cm³/mol. The summed E-state index contributed by atoms with van der Waals surface area (Å²) in [6.45, 7) is 5.13. The third-order valence-corrected chi connectivity index (χ3v) is 4.88. The van der Waals surface area contributed by atoms with E-state index in [1.54, 1.807) is 23.1 Å². The summed E-state index contributed by atoms with van der Waals surface area (Å²) in [5.41, 5.74) is 0. The minimum Gasteiger partial charge on any atom is -0.309 e. The summed E-state index contributed by atoms with van der Waals surface area (Å²) >= 11 is 3.53. The quantitative estimate of drug-likeness (QED) is 0.653. The van der Waals surface area contributed by atoms with Crippen LogP contribution >= 0.6 is 23.1 Å². The van der Waals surface area contributed by atoms with Gasteiger partial charge in [-0.2, -0.15) is 0 Å². The molecular weight excluding hydrogens is 264 g/mol. The smallest absolute Gasteiger partial charge is 0.190 e. The SMILES string of the molecule is Cc1nnc(SCCNC(C)c2cccs2)n1C. The van der Waals surface area contributed by atoms with Gasteiger partial charge in [0.05, 0.1) is 0 Å². The van der Waals surface area contributed by atoms with Crippen molar-refractivity contribution < 1.29 is 0 Å². The molecule has 4 nitrogen and oxygen atoms in total. The number of aryl methyl sites for hydroxylation is 1. The lowest BCUT2D eigenvalue weighted by Crippen LogP contribution is -2.20. The van der Waals surface area contributed by atoms with Gasteiger partial charge in [-0.05, 0) is 25.3 Å². The zero-order valence-corrected chi connectivity index (χ0v) is 12.5. The topological polar surface area (TPSA) is 42.7 Å². The van der Waals surface area contributed by atoms with Crippen LogP contribution in [0.4, 0.5) is 0 Å². The molecule has 0 aliphatic heterocycles. The number of hydrogen-bond acceptors (Lipinski definition) is 5. The van der Waals surface area contributed by atoms with E-state index in [0.29, 0.717) is 6.04 Å². The standard InChI is InChI=1S/C12H18N4S2/c1-9(11-5-4-7-17-11)13-6-8-18-12-15-14-10(2)16(12)3/h4-5,7,9,13H,6,8H2,1-3H3. The molecule has 98 valence electrons. The first-order valence-corrected chi connectivity index (χ1v) is 7.80. The number of hydrogen-bond donors (Lipinski definition) is 1. The summed E-state index contributed by atoms with van der Waals surface area (Å²) in [6.07, 6.45) is 0. The molecule has 0 saturated carbocycles. The van der Waals surface area contributed by atoms with Crippen molar-refractivity contribution in [2.75, 3.05) is 12.3 Å². The molecule has 0 spiro atoms. The Morgan fingerprint density at radius 1 is 1.50 bits per heavy atom. The molecular formula is C12H18N4S2. The van der Waals surface area contributed by atoms with Crippen LogP contribution in [0, 0.1) is 6.92 Å². The molecule has 6 heteroatoms. The van der Waals surface area contributed by atoms with Crippen molar-refractivity contribution in [3.05, 3.63) is 28.2 Å². The van der Waals surface area contributed by atoms with E-state index < -0.39 is 0 Å². The highest BCUT2D eigenvalue weighted by Gasteiger charge is 2.07. The minimum absolute atomic E-state index is 0.423. The molecule has 0 bridgehead atoms. The highest BCUT2D eigenvalue weighted by atomic mass is 32.2. The first-order valence-electron chi connectivity index (χ1n) is 5.94. The largest absolute Gasteiger partial charge is 0.309 e. The summed E-state index contributed by atoms with van der Waals surface area (Å²) in [4.78, 5) is 1.38. The number of nitrogens with one attached hydrogen (secondary N) is 1. The van der Waals surface area contributed by atoms with Crippen LogP contribution in [-0.2, 0) is 7.05 Å². The van der Waals surface area contributed by atoms with Gasteiger partial charge in [-0.3, -0.25) is 0 Å². The Morgan fingerprint density at radius 2 is 2.33 bits per heavy atom. The lowest BCUT2D eigenvalue weighted by Gasteiger charge is -2.11. The molecule has 2 aromatic rings. The molecule has 0 saturated heterocycles. The molecule has 0 aromatic carbocycles. The summed E-state index contributed by atoms with van der Waals surface area (Å²) in [5.74, 6) is 1.96. The number of thioether (sulfide) groups is 1. The van der Waals surface area contributed by atoms with Gasteiger partial charge >= 0.3 is 0 Å². The Kier molecular flexibility index (Phi) is 4.79. The van der Waals surface area contributed by atoms with Crippen molar-refractivity contribution in [3.8, 4) is 0 Å². The first kappa shape index (κ1) is 13.6. The van der Waals surface area contributed by atoms with Crippen LogP contribution in [0.5, 0.6) is 0 Å². The number of aromatic nitrogens is 3. The van der Waals surface area contributed by atoms with Gasteiger partial charge in [-0.1, -0.05) is 17.8 Å². The molecule has 1 unspecified atom stereocenters. The van der Waals surface area contributed by atoms with Crippen molar-refractivity contribution >= 4 is 23.1 Å². The average Bonchev–Trinajstić information content (AvgIpc) is 2.99. The molecule has 2 heterocycles. The highest BCUT2D eigenvalue weighted by molar-refractivity contribution is 7.99. The lowest BCUT2D eigenvalue weighted by atomic mass is 10.3. The monoisotopic (exact) mass is 282 g/mol. The Balaban J connectivity index is 1.72. The third-order valence-electron chi connectivity index (χ3n) is 2.81. The van der Waals surface area contributed by atoms with E-state index >= 15 is 0 Å². The van der Waals surface area contributed by atoms with Gasteiger partial charge in [0, 0.05) is 30.3 Å². The molecule has 18 heavy (non-hydrogen) atoms. The third kappa shape index (κ3) is 3.34. The Bertz CT molecular complexity index is 478. The summed E-state index contributed by atoms with van der Waals surface area (Å²) in [7, 11) is 2.00. The molecule has 2 aromatic heterocycles. The molecule has 1 N–H and O–H groups in total. The van der Waals surface area contributed by atoms with Crippen LogP contribution in [-0.4, -0.2) is 27.1 Å². The van der Waals surface area contributed by atoms with Crippen LogP contribution in [0.1, 0.15) is 23.7 Å². The van der Waals surface area contributed by atoms with Crippen molar-refractivity contribution in [1.29, 1.82) is 0 Å². The fourth-order valence-electron chi connectivity index (χ4n) is 1.57. The van der Waals surface area contributed by atoms with Crippen LogP contribution in [0.2, 0.25) is 0 Å². The maximum atomic E-state index is 4.13. The van der Waals surface area contributed by atoms with Gasteiger partial charge in [0.2, 0.25) is 0 Å². The number of rotatable bonds is 6. The van der Waals surface area contributed by atoms with E-state index in [-0.39, 0.29) is 0 Å². The summed E-state index contributed by atoms with van der Waals surface area (Å²) in [5, 5.41) is 14.8. The summed E-state index contributed by atoms with van der Waals surface area (Å²) in [6, 6.07) is 4.68. The first-order chi connectivity index (χ1) is 8.68. The molecule has 0 aliphatic rings. The highest BCUT2D eigenvalue weighted by Crippen LogP contribution is 2.19. The van der Waals surface area contributed by atoms with Gasteiger partial charge in [-0.25, -0.2) is 0 Å². The predicted octanol–water partition coefficient (Wildman–Crippen LogP) is 2.63. The van der Waals surface area contributed by atoms with Crippen LogP contribution < -0.4 is 5.32 Å². The van der Waals surface area contributed by atoms with E-state index in [0.717, 1.165) is 23.3 Å². The second-order valence-electron chi connectivity index (χ2n) is 4.13. The van der Waals surface area contributed by atoms with E-state index in [4.69, 9.17) is 0 Å². The fourth-order valence-corrected chi connectivity index (χ4v) is 3.16. The maximum absolute atomic E-state index is 4.13. The molecule has 0 radical (unpaired) electrons. The zero-order chi connectivity index (χ0) is 13.0. The molecule has 0 aliphatic carbocycles. The van der Waals surface area contributed by atoms with Gasteiger partial charge in [0.15, 0.2) is 5.16 Å². The lowest BCUT2D eigenvalue weighted by molar-refractivity contribution is 0.610. The van der Waals surface area contributed by atoms with Crippen LogP contribution in [0.25, 0.3) is 0 Å². The van der Waals surface area contributed by atoms with Gasteiger partial charge in [-0.15, -0.1) is 21.5 Å². The van der Waals surface area contributed by atoms with Gasteiger partial charge < -0.3 is 9.88 Å². The summed E-state index contributed by atoms with van der Waals surface area (Å²) < 4.78 is 2.02. The molecule has 1 atom stereocenters. The Hall–Kier alpha value is -0.850. The number of nitrogens with zero attached hydrogens (tertiary/aromatic N) is 3. The van der Waals surface area contributed by atoms with Crippen LogP contribution in [0.3, 0.4) is 0 Å². The van der Waals surface area contributed by atoms with Gasteiger partial charge in [0.25, 0.3) is 0 Å². The van der Waals surface area contributed by atoms with Crippen molar-refractivity contribution in [2.45, 2.75) is 25.0 Å². The van der Waals surface area contributed by atoms with Crippen molar-refractivity contribution in [3.63, 3.8) is 0 Å².